The number of benzene rings is 2. The van der Waals surface area contributed by atoms with E-state index in [4.69, 9.17) is 4.74 Å². The molecule has 1 aliphatic rings. The monoisotopic (exact) mass is 363 g/mol. The molecular weight excluding hydrogens is 345 g/mol. The van der Waals surface area contributed by atoms with Crippen LogP contribution in [0.2, 0.25) is 0 Å². The molecule has 3 aromatic rings. The number of hydrogen-bond acceptors (Lipinski definition) is 3. The van der Waals surface area contributed by atoms with Gasteiger partial charge >= 0.3 is 0 Å². The molecule has 0 unspecified atom stereocenters. The molecule has 2 aromatic carbocycles. The lowest BCUT2D eigenvalue weighted by molar-refractivity contribution is 0.293. The summed E-state index contributed by atoms with van der Waals surface area (Å²) >= 11 is 1.65. The number of aryl methyl sites for hydroxylation is 1. The van der Waals surface area contributed by atoms with E-state index in [2.05, 4.69) is 11.1 Å². The second-order valence-corrected chi connectivity index (χ2v) is 7.23. The first-order valence-corrected chi connectivity index (χ1v) is 9.39. The molecule has 0 atom stereocenters. The minimum absolute atomic E-state index is 0.214. The van der Waals surface area contributed by atoms with Crippen molar-refractivity contribution < 1.29 is 9.13 Å². The second-order valence-electron chi connectivity index (χ2n) is 6.12. The zero-order valence-corrected chi connectivity index (χ0v) is 15.0. The van der Waals surface area contributed by atoms with E-state index in [1.807, 2.05) is 42.6 Å². The van der Waals surface area contributed by atoms with Crippen molar-refractivity contribution >= 4 is 16.7 Å². The van der Waals surface area contributed by atoms with Crippen molar-refractivity contribution in [2.24, 2.45) is 0 Å². The molecule has 0 N–H and O–H groups in total. The predicted molar refractivity (Wildman–Crippen MR) is 104 cm³/mol. The summed E-state index contributed by atoms with van der Waals surface area (Å²) in [4.78, 5) is 6.67. The Hall–Kier alpha value is -2.59. The molecule has 2 nitrogen and oxygen atoms in total. The molecule has 0 amide bonds. The zero-order chi connectivity index (χ0) is 17.8. The van der Waals surface area contributed by atoms with Crippen LogP contribution in [0.15, 0.2) is 77.8 Å². The number of fused-ring (bicyclic) bond motifs is 1. The summed E-state index contributed by atoms with van der Waals surface area (Å²) in [5, 5.41) is 0. The zero-order valence-electron chi connectivity index (χ0n) is 14.2. The van der Waals surface area contributed by atoms with Crippen LogP contribution in [0.25, 0.3) is 4.91 Å². The van der Waals surface area contributed by atoms with Gasteiger partial charge in [-0.1, -0.05) is 48.2 Å². The van der Waals surface area contributed by atoms with Gasteiger partial charge in [-0.25, -0.2) is 9.37 Å². The molecule has 0 radical (unpaired) electrons. The van der Waals surface area contributed by atoms with Gasteiger partial charge in [-0.15, -0.1) is 0 Å². The highest BCUT2D eigenvalue weighted by Crippen LogP contribution is 2.39. The van der Waals surface area contributed by atoms with E-state index < -0.39 is 0 Å². The third kappa shape index (κ3) is 3.97. The number of ether oxygens (including phenoxy) is 1. The maximum atomic E-state index is 13.1. The minimum Gasteiger partial charge on any atom is -0.473 e. The maximum Gasteiger partial charge on any atom is 0.213 e. The molecule has 0 fully saturated rings. The topological polar surface area (TPSA) is 22.1 Å². The maximum absolute atomic E-state index is 13.1. The van der Waals surface area contributed by atoms with Crippen LogP contribution in [-0.4, -0.2) is 4.98 Å². The van der Waals surface area contributed by atoms with Crippen LogP contribution in [0, 0.1) is 5.82 Å². The molecule has 1 aromatic heterocycles. The second kappa shape index (κ2) is 7.75. The van der Waals surface area contributed by atoms with Crippen LogP contribution in [-0.2, 0) is 13.0 Å². The molecule has 26 heavy (non-hydrogen) atoms. The number of rotatable bonds is 5. The van der Waals surface area contributed by atoms with E-state index in [9.17, 15) is 4.39 Å². The summed E-state index contributed by atoms with van der Waals surface area (Å²) in [6.07, 6.45) is 6.07. The fourth-order valence-electron chi connectivity index (χ4n) is 2.91. The highest BCUT2D eigenvalue weighted by molar-refractivity contribution is 8.08. The molecule has 4 heteroatoms. The molecule has 0 saturated carbocycles. The number of thioether (sulfide) groups is 1. The molecule has 0 saturated heterocycles. The van der Waals surface area contributed by atoms with Crippen LogP contribution in [0.3, 0.4) is 0 Å². The number of allylic oxidation sites excluding steroid dienone is 1. The van der Waals surface area contributed by atoms with Gasteiger partial charge < -0.3 is 4.74 Å². The Kier molecular flexibility index (Phi) is 5.02. The van der Waals surface area contributed by atoms with Gasteiger partial charge in [0.05, 0.1) is 0 Å². The molecule has 4 rings (SSSR count). The smallest absolute Gasteiger partial charge is 0.213 e. The number of halogens is 1. The van der Waals surface area contributed by atoms with E-state index in [-0.39, 0.29) is 5.82 Å². The van der Waals surface area contributed by atoms with Crippen LogP contribution in [0.4, 0.5) is 4.39 Å². The summed E-state index contributed by atoms with van der Waals surface area (Å²) in [5.41, 5.74) is 3.51. The van der Waals surface area contributed by atoms with E-state index in [1.54, 1.807) is 23.9 Å². The number of hydrogen-bond donors (Lipinski definition) is 0. The summed E-state index contributed by atoms with van der Waals surface area (Å²) < 4.78 is 18.9. The Morgan fingerprint density at radius 3 is 2.65 bits per heavy atom. The lowest BCUT2D eigenvalue weighted by Gasteiger charge is -2.18. The predicted octanol–water partition coefficient (Wildman–Crippen LogP) is 5.88. The Morgan fingerprint density at radius 2 is 1.85 bits per heavy atom. The SMILES string of the molecule is Fc1ccc(SC2=CCCc3cc(OCc4ccccc4)ncc32)cc1. The summed E-state index contributed by atoms with van der Waals surface area (Å²) in [6.45, 7) is 0.514. The Balaban J connectivity index is 1.49. The quantitative estimate of drug-likeness (QED) is 0.565. The first kappa shape index (κ1) is 16.9. The van der Waals surface area contributed by atoms with Crippen molar-refractivity contribution in [3.05, 3.63) is 95.4 Å². The Morgan fingerprint density at radius 1 is 1.04 bits per heavy atom. The van der Waals surface area contributed by atoms with Crippen LogP contribution < -0.4 is 4.74 Å². The normalized spacial score (nSPS) is 13.0. The van der Waals surface area contributed by atoms with Gasteiger partial charge in [0.25, 0.3) is 0 Å². The molecule has 0 aliphatic heterocycles. The van der Waals surface area contributed by atoms with Crippen molar-refractivity contribution in [2.45, 2.75) is 24.3 Å². The first-order valence-electron chi connectivity index (χ1n) is 8.57. The van der Waals surface area contributed by atoms with Crippen molar-refractivity contribution in [3.8, 4) is 5.88 Å². The fraction of sp³-hybridized carbons (Fsp3) is 0.136. The fourth-order valence-corrected chi connectivity index (χ4v) is 3.93. The average Bonchev–Trinajstić information content (AvgIpc) is 2.69. The Bertz CT molecular complexity index is 923. The highest BCUT2D eigenvalue weighted by Gasteiger charge is 2.15. The number of pyridine rings is 1. The van der Waals surface area contributed by atoms with Gasteiger partial charge in [0, 0.05) is 27.6 Å². The van der Waals surface area contributed by atoms with E-state index in [0.717, 1.165) is 28.9 Å². The van der Waals surface area contributed by atoms with Crippen LogP contribution in [0.1, 0.15) is 23.1 Å². The third-order valence-corrected chi connectivity index (χ3v) is 5.36. The third-order valence-electron chi connectivity index (χ3n) is 4.24. The van der Waals surface area contributed by atoms with Gasteiger partial charge in [0.15, 0.2) is 0 Å². The lowest BCUT2D eigenvalue weighted by atomic mass is 9.99. The van der Waals surface area contributed by atoms with Crippen LogP contribution in [0.5, 0.6) is 5.88 Å². The molecule has 130 valence electrons. The molecular formula is C22H18FNOS. The van der Waals surface area contributed by atoms with Crippen molar-refractivity contribution in [2.75, 3.05) is 0 Å². The van der Waals surface area contributed by atoms with Gasteiger partial charge in [-0.3, -0.25) is 0 Å². The number of aromatic nitrogens is 1. The standard InChI is InChI=1S/C22H18FNOS/c23-18-9-11-19(12-10-18)26-21-8-4-7-17-13-22(24-14-20(17)21)25-15-16-5-2-1-3-6-16/h1-3,5-6,8-14H,4,7,15H2. The molecule has 1 aliphatic carbocycles. The highest BCUT2D eigenvalue weighted by atomic mass is 32.2. The Labute approximate surface area is 156 Å². The summed E-state index contributed by atoms with van der Waals surface area (Å²) in [6, 6.07) is 18.7. The number of nitrogens with zero attached hydrogens (tertiary/aromatic N) is 1. The summed E-state index contributed by atoms with van der Waals surface area (Å²) in [5.74, 6) is 0.440. The summed E-state index contributed by atoms with van der Waals surface area (Å²) in [7, 11) is 0. The minimum atomic E-state index is -0.214. The van der Waals surface area contributed by atoms with Crippen molar-refractivity contribution in [1.29, 1.82) is 0 Å². The largest absolute Gasteiger partial charge is 0.473 e. The van der Waals surface area contributed by atoms with Crippen molar-refractivity contribution in [1.82, 2.24) is 4.98 Å². The van der Waals surface area contributed by atoms with E-state index >= 15 is 0 Å². The van der Waals surface area contributed by atoms with Gasteiger partial charge in [-0.05, 0) is 48.2 Å². The van der Waals surface area contributed by atoms with Gasteiger partial charge in [0.2, 0.25) is 5.88 Å². The lowest BCUT2D eigenvalue weighted by Crippen LogP contribution is -2.03. The van der Waals surface area contributed by atoms with Gasteiger partial charge in [-0.2, -0.15) is 0 Å². The van der Waals surface area contributed by atoms with Crippen LogP contribution >= 0.6 is 11.8 Å². The molecule has 0 spiro atoms. The average molecular weight is 363 g/mol. The van der Waals surface area contributed by atoms with E-state index in [1.165, 1.54) is 22.6 Å². The molecule has 1 heterocycles. The first-order chi connectivity index (χ1) is 12.8. The van der Waals surface area contributed by atoms with Gasteiger partial charge in [0.1, 0.15) is 12.4 Å². The van der Waals surface area contributed by atoms with E-state index in [0.29, 0.717) is 12.5 Å². The van der Waals surface area contributed by atoms with Crippen molar-refractivity contribution in [3.63, 3.8) is 0 Å². The molecule has 0 bridgehead atoms.